The molecule has 3 N–H and O–H groups in total. The van der Waals surface area contributed by atoms with Crippen molar-refractivity contribution in [2.24, 2.45) is 5.16 Å². The second-order valence-corrected chi connectivity index (χ2v) is 14.7. The first-order chi connectivity index (χ1) is 23.2. The Bertz CT molecular complexity index is 1860. The summed E-state index contributed by atoms with van der Waals surface area (Å²) in [4.78, 5) is 54.3. The van der Waals surface area contributed by atoms with Crippen LogP contribution >= 0.6 is 46.0 Å². The van der Waals surface area contributed by atoms with Crippen LogP contribution in [0.1, 0.15) is 35.8 Å². The number of ether oxygens (including phenoxy) is 1. The molecular formula is C31H29ClN8O5S3. The number of β-lactam (4-membered cyclic amide) rings is 1. The predicted octanol–water partition coefficient (Wildman–Crippen LogP) is 4.47. The number of thiazole rings is 1. The number of halogens is 1. The highest BCUT2D eigenvalue weighted by Crippen LogP contribution is 2.45. The Morgan fingerprint density at radius 3 is 2.33 bits per heavy atom. The lowest BCUT2D eigenvalue weighted by Gasteiger charge is -2.50. The molecule has 1 fully saturated rings. The summed E-state index contributed by atoms with van der Waals surface area (Å²) in [6.45, 7) is 0. The van der Waals surface area contributed by atoms with E-state index in [0.717, 1.165) is 22.5 Å². The molecule has 248 valence electrons. The number of nitrogens with two attached hydrogens (primary N) is 1. The van der Waals surface area contributed by atoms with E-state index in [-0.39, 0.29) is 26.6 Å². The Morgan fingerprint density at radius 1 is 1.10 bits per heavy atom. The third-order valence-electron chi connectivity index (χ3n) is 7.51. The fourth-order valence-corrected chi connectivity index (χ4v) is 8.26. The van der Waals surface area contributed by atoms with Crippen molar-refractivity contribution in [3.8, 4) is 0 Å². The molecule has 2 aromatic heterocycles. The highest BCUT2D eigenvalue weighted by molar-refractivity contribution is 8.04. The van der Waals surface area contributed by atoms with Gasteiger partial charge in [-0.25, -0.2) is 9.78 Å². The third kappa shape index (κ3) is 6.74. The van der Waals surface area contributed by atoms with Crippen LogP contribution < -0.4 is 16.0 Å². The van der Waals surface area contributed by atoms with E-state index in [4.69, 9.17) is 26.9 Å². The van der Waals surface area contributed by atoms with Crippen molar-refractivity contribution < 1.29 is 24.0 Å². The number of benzene rings is 2. The van der Waals surface area contributed by atoms with E-state index in [2.05, 4.69) is 25.7 Å². The topological polar surface area (TPSA) is 165 Å². The molecule has 1 saturated heterocycles. The van der Waals surface area contributed by atoms with Gasteiger partial charge in [-0.3, -0.25) is 14.5 Å². The molecule has 0 saturated carbocycles. The summed E-state index contributed by atoms with van der Waals surface area (Å²) in [5.74, 6) is -1.89. The van der Waals surface area contributed by atoms with E-state index >= 15 is 0 Å². The number of esters is 1. The molecule has 0 radical (unpaired) electrons. The van der Waals surface area contributed by atoms with Crippen LogP contribution in [0.3, 0.4) is 0 Å². The summed E-state index contributed by atoms with van der Waals surface area (Å²) in [5.41, 5.74) is 7.22. The van der Waals surface area contributed by atoms with Gasteiger partial charge in [0.25, 0.3) is 11.8 Å². The zero-order valence-electron chi connectivity index (χ0n) is 25.8. The average Bonchev–Trinajstić information content (AvgIpc) is 3.70. The number of rotatable bonds is 11. The molecule has 4 aromatic rings. The van der Waals surface area contributed by atoms with Crippen molar-refractivity contribution in [2.75, 3.05) is 31.8 Å². The van der Waals surface area contributed by atoms with Gasteiger partial charge in [0.05, 0.1) is 6.04 Å². The maximum Gasteiger partial charge on any atom is 0.356 e. The standard InChI is InChI=1S/C31H29ClN8O5S3/c1-39(2)30-36-37-31(48-30)46-19-15-14-18-20(34-26(41)22(38-44-3)21-25(32)47-29(33)35-21)27(42)40(18)23(19)28(43)45-24(16-10-6-4-7-11-16)17-12-8-5-9-13-17/h4-13,18,20,24H,14-15H2,1-3H3,(H2,33,35)(H,34,41)/b38-22-. The highest BCUT2D eigenvalue weighted by atomic mass is 35.5. The number of aromatic nitrogens is 3. The largest absolute Gasteiger partial charge is 0.448 e. The van der Waals surface area contributed by atoms with Crippen molar-refractivity contribution in [2.45, 2.75) is 35.4 Å². The van der Waals surface area contributed by atoms with E-state index in [9.17, 15) is 14.4 Å². The van der Waals surface area contributed by atoms with Gasteiger partial charge in [-0.1, -0.05) is 112 Å². The Morgan fingerprint density at radius 2 is 1.77 bits per heavy atom. The Balaban J connectivity index is 1.31. The van der Waals surface area contributed by atoms with E-state index < -0.39 is 36.0 Å². The fourth-order valence-electron chi connectivity index (χ4n) is 5.35. The van der Waals surface area contributed by atoms with Crippen LogP contribution in [0.15, 0.2) is 80.8 Å². The number of hydrogen-bond donors (Lipinski definition) is 2. The second kappa shape index (κ2) is 14.3. The Labute approximate surface area is 292 Å². The molecule has 13 nitrogen and oxygen atoms in total. The van der Waals surface area contributed by atoms with Crippen LogP contribution in [0, 0.1) is 0 Å². The van der Waals surface area contributed by atoms with Crippen molar-refractivity contribution in [1.82, 2.24) is 25.4 Å². The molecule has 0 bridgehead atoms. The lowest BCUT2D eigenvalue weighted by Crippen LogP contribution is -2.72. The SMILES string of the molecule is CO/N=C(\C(=O)NC1C(=O)N2C(C(=O)OC(c3ccccc3)c3ccccc3)=C(Sc3nnc(N(C)C)s3)CCC12)c1nc(N)sc1Cl. The van der Waals surface area contributed by atoms with Gasteiger partial charge in [0.1, 0.15) is 28.9 Å². The van der Waals surface area contributed by atoms with E-state index in [0.29, 0.717) is 27.2 Å². The molecule has 2 amide bonds. The molecule has 2 aliphatic rings. The summed E-state index contributed by atoms with van der Waals surface area (Å²) < 4.78 is 6.99. The fraction of sp³-hybridized carbons (Fsp3) is 0.258. The minimum Gasteiger partial charge on any atom is -0.448 e. The first-order valence-corrected chi connectivity index (χ1v) is 17.4. The summed E-state index contributed by atoms with van der Waals surface area (Å²) >= 11 is 9.86. The van der Waals surface area contributed by atoms with Crippen molar-refractivity contribution >= 4 is 79.8 Å². The molecule has 0 spiro atoms. The summed E-state index contributed by atoms with van der Waals surface area (Å²) in [6.07, 6.45) is 0.134. The number of nitrogens with zero attached hydrogens (tertiary/aromatic N) is 6. The van der Waals surface area contributed by atoms with Gasteiger partial charge >= 0.3 is 5.97 Å². The Kier molecular flexibility index (Phi) is 9.96. The van der Waals surface area contributed by atoms with Crippen LogP contribution in [-0.2, 0) is 24.0 Å². The molecular weight excluding hydrogens is 696 g/mol. The third-order valence-corrected chi connectivity index (χ3v) is 10.9. The zero-order chi connectivity index (χ0) is 33.9. The summed E-state index contributed by atoms with van der Waals surface area (Å²) in [5, 5.41) is 15.9. The van der Waals surface area contributed by atoms with E-state index in [1.807, 2.05) is 79.7 Å². The number of hydrogen-bond acceptors (Lipinski definition) is 14. The van der Waals surface area contributed by atoms with Crippen LogP contribution in [-0.4, -0.2) is 76.9 Å². The summed E-state index contributed by atoms with van der Waals surface area (Å²) in [6, 6.07) is 17.3. The number of thioether (sulfide) groups is 1. The lowest BCUT2D eigenvalue weighted by atomic mass is 9.86. The van der Waals surface area contributed by atoms with E-state index in [1.54, 1.807) is 0 Å². The van der Waals surface area contributed by atoms with Gasteiger partial charge in [0.15, 0.2) is 21.3 Å². The molecule has 0 aliphatic carbocycles. The van der Waals surface area contributed by atoms with Crippen LogP contribution in [0.25, 0.3) is 0 Å². The van der Waals surface area contributed by atoms with Crippen LogP contribution in [0.5, 0.6) is 0 Å². The normalized spacial score (nSPS) is 17.6. The number of anilines is 2. The molecule has 48 heavy (non-hydrogen) atoms. The number of nitrogen functional groups attached to an aromatic ring is 1. The zero-order valence-corrected chi connectivity index (χ0v) is 29.0. The maximum atomic E-state index is 14.3. The first-order valence-electron chi connectivity index (χ1n) is 14.6. The van der Waals surface area contributed by atoms with Gasteiger partial charge in [0.2, 0.25) is 5.13 Å². The van der Waals surface area contributed by atoms with Gasteiger partial charge in [-0.15, -0.1) is 10.2 Å². The minimum atomic E-state index is -0.954. The number of carbonyl (C=O) groups is 3. The molecule has 4 heterocycles. The lowest BCUT2D eigenvalue weighted by molar-refractivity contribution is -0.158. The number of amides is 2. The van der Waals surface area contributed by atoms with E-state index in [1.165, 1.54) is 35.1 Å². The Hall–Kier alpha value is -4.51. The minimum absolute atomic E-state index is 0.0376. The van der Waals surface area contributed by atoms with Crippen molar-refractivity contribution in [1.29, 1.82) is 0 Å². The van der Waals surface area contributed by atoms with Gasteiger partial charge in [-0.2, -0.15) is 0 Å². The molecule has 2 aromatic carbocycles. The molecule has 2 aliphatic heterocycles. The quantitative estimate of drug-likeness (QED) is 0.0970. The summed E-state index contributed by atoms with van der Waals surface area (Å²) in [7, 11) is 5.00. The molecule has 2 unspecified atom stereocenters. The van der Waals surface area contributed by atoms with Crippen LogP contribution in [0.4, 0.5) is 10.3 Å². The molecule has 2 atom stereocenters. The smallest absolute Gasteiger partial charge is 0.356 e. The number of allylic oxidation sites excluding steroid dienone is 1. The highest BCUT2D eigenvalue weighted by Gasteiger charge is 2.54. The average molecular weight is 725 g/mol. The monoisotopic (exact) mass is 724 g/mol. The number of carbonyl (C=O) groups excluding carboxylic acids is 3. The molecule has 6 rings (SSSR count). The van der Waals surface area contributed by atoms with Gasteiger partial charge in [0, 0.05) is 19.0 Å². The second-order valence-electron chi connectivity index (χ2n) is 10.8. The first kappa shape index (κ1) is 33.4. The molecule has 17 heteroatoms. The van der Waals surface area contributed by atoms with Crippen LogP contribution in [0.2, 0.25) is 4.34 Å². The predicted molar refractivity (Wildman–Crippen MR) is 185 cm³/mol. The van der Waals surface area contributed by atoms with Gasteiger partial charge < -0.3 is 25.5 Å². The van der Waals surface area contributed by atoms with Crippen molar-refractivity contribution in [3.63, 3.8) is 0 Å². The maximum absolute atomic E-state index is 14.3. The number of fused-ring (bicyclic) bond motifs is 1. The number of oxime groups is 1. The van der Waals surface area contributed by atoms with Gasteiger partial charge in [-0.05, 0) is 24.0 Å². The van der Waals surface area contributed by atoms with Crippen molar-refractivity contribution in [3.05, 3.63) is 92.4 Å². The number of nitrogens with one attached hydrogen (secondary N) is 1.